The largest absolute Gasteiger partial charge is 0.401 e. The molecule has 3 unspecified atom stereocenters. The quantitative estimate of drug-likeness (QED) is 0.0645. The SMILES string of the molecule is CC(N(N)/C=C(\N)C1CCCCC1)C(C)(C)C.CN1CCC(c2ccc3c(c2)-n2c(nc(=O)c4c(Cl)cccc42)C32CCCCC2)CC1.Cc1ncsc1-c1ccc(C(CN2CCS(=O)(=O)CC2)NC(=O)C2CCCN2C=O)cc1. The van der Waals surface area contributed by atoms with Crippen LogP contribution in [0.4, 0.5) is 0 Å². The van der Waals surface area contributed by atoms with Gasteiger partial charge in [0.25, 0.3) is 5.56 Å². The second-order valence-corrected chi connectivity index (χ2v) is 28.1. The first-order valence-corrected chi connectivity index (χ1v) is 32.3. The number of hydrogen-bond donors (Lipinski definition) is 3. The Balaban J connectivity index is 0.000000153. The summed E-state index contributed by atoms with van der Waals surface area (Å²) in [5, 5.41) is 5.94. The fraction of sp³-hybridized carbons (Fsp3) is 0.565. The molecule has 6 heterocycles. The van der Waals surface area contributed by atoms with E-state index in [1.165, 1.54) is 81.0 Å². The Morgan fingerprint density at radius 3 is 2.26 bits per heavy atom. The highest BCUT2D eigenvalue weighted by molar-refractivity contribution is 7.91. The van der Waals surface area contributed by atoms with E-state index in [2.05, 4.69) is 77.6 Å². The molecule has 3 saturated heterocycles. The minimum atomic E-state index is -2.98. The molecule has 2 amide bonds. The topological polar surface area (TPSA) is 193 Å². The van der Waals surface area contributed by atoms with Gasteiger partial charge in [0, 0.05) is 44.1 Å². The lowest BCUT2D eigenvalue weighted by Crippen LogP contribution is -2.48. The number of halogens is 1. The van der Waals surface area contributed by atoms with E-state index >= 15 is 0 Å². The lowest BCUT2D eigenvalue weighted by Gasteiger charge is -2.35. The summed E-state index contributed by atoms with van der Waals surface area (Å²) >= 11 is 8.07. The van der Waals surface area contributed by atoms with Crippen molar-refractivity contribution in [1.82, 2.24) is 39.6 Å². The van der Waals surface area contributed by atoms with E-state index in [0.717, 1.165) is 77.5 Å². The molecule has 5 fully saturated rings. The number of nitrogens with two attached hydrogens (primary N) is 2. The van der Waals surface area contributed by atoms with Crippen molar-refractivity contribution in [1.29, 1.82) is 0 Å². The number of benzene rings is 3. The number of nitrogens with one attached hydrogen (secondary N) is 1. The van der Waals surface area contributed by atoms with Gasteiger partial charge < -0.3 is 25.9 Å². The van der Waals surface area contributed by atoms with Gasteiger partial charge in [-0.15, -0.1) is 11.3 Å². The Morgan fingerprint density at radius 1 is 0.925 bits per heavy atom. The van der Waals surface area contributed by atoms with E-state index in [-0.39, 0.29) is 45.9 Å². The highest BCUT2D eigenvalue weighted by Gasteiger charge is 2.47. The number of aryl methyl sites for hydroxylation is 1. The molecule has 11 rings (SSSR count). The zero-order chi connectivity index (χ0) is 56.9. The van der Waals surface area contributed by atoms with Gasteiger partial charge in [-0.25, -0.2) is 19.2 Å². The van der Waals surface area contributed by atoms with Crippen LogP contribution in [-0.4, -0.2) is 125 Å². The lowest BCUT2D eigenvalue weighted by molar-refractivity contribution is -0.131. The predicted molar refractivity (Wildman–Crippen MR) is 324 cm³/mol. The van der Waals surface area contributed by atoms with Crippen LogP contribution in [0.1, 0.15) is 158 Å². The standard InChI is InChI=1S/C26H28ClN3O.C22H28N4O4S2.C14H29N3/c1-29-14-10-17(11-15-29)18-8-9-19-22(16-18)30-21-7-5-6-20(27)23(21)24(31)28-25(30)26(19)12-3-2-4-13-26;1-16-21(31-14-23-16)18-6-4-17(5-7-18)19(13-25-9-11-32(29,30)12-10-25)24-22(28)20-3-2-8-26(20)15-27;1-11(14(2,3)4)17(16)10-13(15)12-8-6-5-7-9-12/h5-9,16-17H,2-4,10-15H2,1H3;4-7,14-15,19-20H,2-3,8-13H2,1H3,(H,24,28);10-12H,5-9,15-16H2,1-4H3/b;;13-10-. The molecule has 2 aromatic heterocycles. The zero-order valence-electron chi connectivity index (χ0n) is 48.0. The number of rotatable bonds is 11. The van der Waals surface area contributed by atoms with Gasteiger partial charge in [-0.2, -0.15) is 4.98 Å². The maximum Gasteiger partial charge on any atom is 0.282 e. The molecule has 4 aliphatic heterocycles. The minimum Gasteiger partial charge on any atom is -0.401 e. The molecule has 18 heteroatoms. The molecule has 5 aromatic rings. The fourth-order valence-corrected chi connectivity index (χ4v) is 15.2. The highest BCUT2D eigenvalue weighted by Crippen LogP contribution is 2.52. The summed E-state index contributed by atoms with van der Waals surface area (Å²) in [6.07, 6.45) is 18.7. The van der Waals surface area contributed by atoms with Crippen LogP contribution in [0.15, 0.2) is 82.9 Å². The van der Waals surface area contributed by atoms with Crippen molar-refractivity contribution in [3.8, 4) is 16.1 Å². The molecule has 80 heavy (non-hydrogen) atoms. The Hall–Kier alpha value is -5.17. The lowest BCUT2D eigenvalue weighted by atomic mass is 9.69. The number of piperidine rings is 1. The molecule has 2 saturated carbocycles. The van der Waals surface area contributed by atoms with Gasteiger partial charge in [0.05, 0.1) is 60.7 Å². The van der Waals surface area contributed by atoms with E-state index < -0.39 is 15.9 Å². The summed E-state index contributed by atoms with van der Waals surface area (Å²) in [4.78, 5) is 53.6. The molecule has 432 valence electrons. The van der Waals surface area contributed by atoms with Crippen molar-refractivity contribution in [2.24, 2.45) is 22.9 Å². The third-order valence-corrected chi connectivity index (χ3v) is 21.2. The maximum absolute atomic E-state index is 13.1. The average molecular weight is 1150 g/mol. The maximum atomic E-state index is 13.1. The number of aromatic nitrogens is 3. The Bertz CT molecular complexity index is 3160. The number of hydrazine groups is 1. The van der Waals surface area contributed by atoms with Crippen LogP contribution in [0.3, 0.4) is 0 Å². The number of sulfone groups is 1. The van der Waals surface area contributed by atoms with Crippen LogP contribution in [0.25, 0.3) is 27.0 Å². The van der Waals surface area contributed by atoms with Crippen molar-refractivity contribution >= 4 is 56.0 Å². The van der Waals surface area contributed by atoms with E-state index in [4.69, 9.17) is 28.2 Å². The second-order valence-electron chi connectivity index (χ2n) is 24.6. The smallest absolute Gasteiger partial charge is 0.282 e. The minimum absolute atomic E-state index is 0.138. The van der Waals surface area contributed by atoms with Gasteiger partial charge in [-0.1, -0.05) is 113 Å². The summed E-state index contributed by atoms with van der Waals surface area (Å²) in [6, 6.07) is 20.5. The zero-order valence-corrected chi connectivity index (χ0v) is 50.4. The molecule has 0 radical (unpaired) electrons. The predicted octanol–water partition coefficient (Wildman–Crippen LogP) is 10.0. The number of thiazole rings is 1. The van der Waals surface area contributed by atoms with Crippen molar-refractivity contribution in [2.45, 2.75) is 154 Å². The van der Waals surface area contributed by atoms with Gasteiger partial charge in [0.15, 0.2) is 9.84 Å². The number of hydrogen-bond acceptors (Lipinski definition) is 13. The first-order chi connectivity index (χ1) is 38.3. The second kappa shape index (κ2) is 25.5. The number of fused-ring (bicyclic) bond motifs is 7. The van der Waals surface area contributed by atoms with Crippen LogP contribution in [-0.2, 0) is 24.8 Å². The van der Waals surface area contributed by atoms with Gasteiger partial charge >= 0.3 is 0 Å². The summed E-state index contributed by atoms with van der Waals surface area (Å²) in [6.45, 7) is 15.0. The van der Waals surface area contributed by atoms with E-state index in [1.807, 2.05) is 55.0 Å². The molecule has 3 atom stereocenters. The van der Waals surface area contributed by atoms with Crippen LogP contribution < -0.4 is 22.5 Å². The monoisotopic (exact) mass is 1150 g/mol. The first-order valence-electron chi connectivity index (χ1n) is 29.3. The molecule has 6 aliphatic rings. The normalized spacial score (nSPS) is 21.4. The molecule has 15 nitrogen and oxygen atoms in total. The molecule has 5 N–H and O–H groups in total. The summed E-state index contributed by atoms with van der Waals surface area (Å²) < 4.78 is 25.9. The van der Waals surface area contributed by atoms with Crippen molar-refractivity contribution < 1.29 is 18.0 Å². The number of carbonyl (C=O) groups excluding carboxylic acids is 2. The molecule has 3 aromatic carbocycles. The summed E-state index contributed by atoms with van der Waals surface area (Å²) in [5.74, 6) is 8.27. The Labute approximate surface area is 483 Å². The van der Waals surface area contributed by atoms with Crippen LogP contribution >= 0.6 is 22.9 Å². The number of carbonyl (C=O) groups is 2. The van der Waals surface area contributed by atoms with E-state index in [1.54, 1.807) is 27.3 Å². The fourth-order valence-electron chi connectivity index (χ4n) is 12.9. The van der Waals surface area contributed by atoms with Crippen molar-refractivity contribution in [3.63, 3.8) is 0 Å². The van der Waals surface area contributed by atoms with E-state index in [0.29, 0.717) is 54.8 Å². The first kappa shape index (κ1) is 59.5. The third-order valence-electron chi connectivity index (χ3n) is 18.3. The van der Waals surface area contributed by atoms with Gasteiger partial charge in [-0.3, -0.25) is 23.9 Å². The van der Waals surface area contributed by atoms with Crippen molar-refractivity contribution in [2.75, 3.05) is 57.8 Å². The molecular weight excluding hydrogens is 1060 g/mol. The molecule has 0 bridgehead atoms. The van der Waals surface area contributed by atoms with Crippen LogP contribution in [0, 0.1) is 18.3 Å². The highest BCUT2D eigenvalue weighted by atomic mass is 35.5. The van der Waals surface area contributed by atoms with Gasteiger partial charge in [0.1, 0.15) is 11.9 Å². The van der Waals surface area contributed by atoms with Crippen LogP contribution in [0.2, 0.25) is 5.02 Å². The number of amides is 2. The average Bonchev–Trinajstić information content (AvgIpc) is 4.13. The summed E-state index contributed by atoms with van der Waals surface area (Å²) in [5.41, 5.74) is 16.7. The number of likely N-dealkylation sites (tertiary alicyclic amines) is 2. The molecule has 2 aliphatic carbocycles. The number of nitrogens with zero attached hydrogens (tertiary/aromatic N) is 7. The van der Waals surface area contributed by atoms with E-state index in [9.17, 15) is 22.8 Å². The summed E-state index contributed by atoms with van der Waals surface area (Å²) in [7, 11) is -0.769. The van der Waals surface area contributed by atoms with Gasteiger partial charge in [-0.05, 0) is 143 Å². The third kappa shape index (κ3) is 13.3. The molecule has 1 spiro atoms. The Kier molecular flexibility index (Phi) is 19.0. The van der Waals surface area contributed by atoms with Gasteiger partial charge in [0.2, 0.25) is 12.3 Å². The van der Waals surface area contributed by atoms with Crippen LogP contribution in [0.5, 0.6) is 0 Å². The number of allylic oxidation sites excluding steroid dienone is 1. The van der Waals surface area contributed by atoms with Crippen molar-refractivity contribution in [3.05, 3.63) is 122 Å². The molecular formula is C62H85ClN10O5S2. The Morgan fingerprint density at radius 2 is 1.61 bits per heavy atom.